The summed E-state index contributed by atoms with van der Waals surface area (Å²) in [5, 5.41) is 3.06. The van der Waals surface area contributed by atoms with Crippen LogP contribution in [0.5, 0.6) is 5.75 Å². The maximum absolute atomic E-state index is 13.4. The number of carbonyl (C=O) groups is 2. The molecule has 2 amide bonds. The van der Waals surface area contributed by atoms with Gasteiger partial charge in [0.25, 0.3) is 0 Å². The fraction of sp³-hybridized carbons (Fsp3) is 0.440. The molecule has 2 heterocycles. The molecule has 2 saturated heterocycles. The van der Waals surface area contributed by atoms with Crippen LogP contribution in [0.1, 0.15) is 37.3 Å². The fourth-order valence-corrected chi connectivity index (χ4v) is 4.68. The number of methoxy groups -OCH3 is 1. The summed E-state index contributed by atoms with van der Waals surface area (Å²) >= 11 is 0. The zero-order valence-electron chi connectivity index (χ0n) is 18.1. The third kappa shape index (κ3) is 5.07. The molecule has 6 heteroatoms. The first-order valence-corrected chi connectivity index (χ1v) is 11.2. The Morgan fingerprint density at radius 1 is 0.968 bits per heavy atom. The Morgan fingerprint density at radius 2 is 1.68 bits per heavy atom. The number of rotatable bonds is 6. The molecule has 2 fully saturated rings. The number of likely N-dealkylation sites (tertiary alicyclic amines) is 2. The van der Waals surface area contributed by atoms with Crippen LogP contribution in [0.15, 0.2) is 54.6 Å². The van der Waals surface area contributed by atoms with Crippen molar-refractivity contribution in [1.82, 2.24) is 9.80 Å². The van der Waals surface area contributed by atoms with Crippen molar-refractivity contribution < 1.29 is 14.3 Å². The van der Waals surface area contributed by atoms with Gasteiger partial charge in [-0.05, 0) is 56.5 Å². The summed E-state index contributed by atoms with van der Waals surface area (Å²) in [5.74, 6) is 1.01. The van der Waals surface area contributed by atoms with Crippen LogP contribution in [-0.2, 0) is 9.59 Å². The van der Waals surface area contributed by atoms with Crippen LogP contribution in [-0.4, -0.2) is 54.9 Å². The average molecular weight is 422 g/mol. The molecule has 0 bridgehead atoms. The molecule has 0 saturated carbocycles. The number of nitrogens with one attached hydrogen (secondary N) is 1. The molecule has 1 N–H and O–H groups in total. The maximum Gasteiger partial charge on any atom is 0.246 e. The van der Waals surface area contributed by atoms with E-state index in [1.165, 1.54) is 0 Å². The van der Waals surface area contributed by atoms with E-state index in [0.717, 1.165) is 57.4 Å². The van der Waals surface area contributed by atoms with E-state index in [1.54, 1.807) is 7.11 Å². The highest BCUT2D eigenvalue weighted by atomic mass is 16.5. The van der Waals surface area contributed by atoms with Crippen LogP contribution in [0.4, 0.5) is 5.69 Å². The number of ether oxygens (including phenoxy) is 1. The lowest BCUT2D eigenvalue weighted by atomic mass is 9.92. The Bertz CT molecular complexity index is 888. The van der Waals surface area contributed by atoms with Gasteiger partial charge in [0.05, 0.1) is 7.11 Å². The van der Waals surface area contributed by atoms with Crippen molar-refractivity contribution in [3.63, 3.8) is 0 Å². The van der Waals surface area contributed by atoms with E-state index >= 15 is 0 Å². The lowest BCUT2D eigenvalue weighted by Gasteiger charge is -2.37. The van der Waals surface area contributed by atoms with Crippen LogP contribution in [0.25, 0.3) is 0 Å². The number of benzene rings is 2. The molecule has 2 aliphatic rings. The van der Waals surface area contributed by atoms with E-state index in [-0.39, 0.29) is 11.8 Å². The Morgan fingerprint density at radius 3 is 2.35 bits per heavy atom. The normalized spacial score (nSPS) is 18.5. The highest BCUT2D eigenvalue weighted by Gasteiger charge is 2.35. The van der Waals surface area contributed by atoms with E-state index in [1.807, 2.05) is 59.5 Å². The molecule has 31 heavy (non-hydrogen) atoms. The minimum absolute atomic E-state index is 0.0660. The maximum atomic E-state index is 13.4. The average Bonchev–Trinajstić information content (AvgIpc) is 3.35. The molecule has 6 nitrogen and oxygen atoms in total. The Kier molecular flexibility index (Phi) is 6.87. The summed E-state index contributed by atoms with van der Waals surface area (Å²) in [4.78, 5) is 30.4. The minimum Gasteiger partial charge on any atom is -0.497 e. The van der Waals surface area contributed by atoms with Gasteiger partial charge in [-0.3, -0.25) is 14.5 Å². The second-order valence-electron chi connectivity index (χ2n) is 8.38. The van der Waals surface area contributed by atoms with Gasteiger partial charge in [0, 0.05) is 30.8 Å². The molecule has 0 spiro atoms. The predicted molar refractivity (Wildman–Crippen MR) is 121 cm³/mol. The molecule has 2 aliphatic heterocycles. The molecular formula is C25H31N3O3. The smallest absolute Gasteiger partial charge is 0.246 e. The number of amides is 2. The second-order valence-corrected chi connectivity index (χ2v) is 8.38. The molecule has 2 aromatic carbocycles. The predicted octanol–water partition coefficient (Wildman–Crippen LogP) is 3.71. The Balaban J connectivity index is 1.47. The van der Waals surface area contributed by atoms with E-state index in [9.17, 15) is 9.59 Å². The quantitative estimate of drug-likeness (QED) is 0.772. The molecule has 0 aromatic heterocycles. The third-order valence-electron chi connectivity index (χ3n) is 6.36. The summed E-state index contributed by atoms with van der Waals surface area (Å²) in [6.07, 6.45) is 3.83. The number of anilines is 1. The Labute approximate surface area is 184 Å². The summed E-state index contributed by atoms with van der Waals surface area (Å²) in [5.41, 5.74) is 1.68. The number of hydrogen-bond donors (Lipinski definition) is 1. The van der Waals surface area contributed by atoms with Crippen molar-refractivity contribution in [1.29, 1.82) is 0 Å². The number of carbonyl (C=O) groups excluding carboxylic acids is 2. The zero-order valence-corrected chi connectivity index (χ0v) is 18.1. The molecular weight excluding hydrogens is 390 g/mol. The highest BCUT2D eigenvalue weighted by Crippen LogP contribution is 2.30. The molecule has 4 rings (SSSR count). The van der Waals surface area contributed by atoms with Crippen molar-refractivity contribution in [3.05, 3.63) is 60.2 Å². The lowest BCUT2D eigenvalue weighted by Crippen LogP contribution is -2.45. The highest BCUT2D eigenvalue weighted by molar-refractivity contribution is 5.95. The van der Waals surface area contributed by atoms with E-state index in [2.05, 4.69) is 10.2 Å². The van der Waals surface area contributed by atoms with Gasteiger partial charge in [-0.15, -0.1) is 0 Å². The monoisotopic (exact) mass is 421 g/mol. The van der Waals surface area contributed by atoms with Crippen molar-refractivity contribution in [2.24, 2.45) is 5.92 Å². The minimum atomic E-state index is -0.393. The fourth-order valence-electron chi connectivity index (χ4n) is 4.68. The molecule has 0 aliphatic carbocycles. The van der Waals surface area contributed by atoms with Crippen LogP contribution in [0.2, 0.25) is 0 Å². The first-order chi connectivity index (χ1) is 15.2. The summed E-state index contributed by atoms with van der Waals surface area (Å²) in [6.45, 7) is 3.26. The third-order valence-corrected chi connectivity index (χ3v) is 6.36. The van der Waals surface area contributed by atoms with Crippen molar-refractivity contribution in [2.75, 3.05) is 38.6 Å². The first kappa shape index (κ1) is 21.4. The van der Waals surface area contributed by atoms with Crippen LogP contribution < -0.4 is 10.1 Å². The van der Waals surface area contributed by atoms with Gasteiger partial charge in [-0.25, -0.2) is 0 Å². The summed E-state index contributed by atoms with van der Waals surface area (Å²) < 4.78 is 5.28. The lowest BCUT2D eigenvalue weighted by molar-refractivity contribution is -0.136. The molecule has 164 valence electrons. The van der Waals surface area contributed by atoms with Crippen LogP contribution in [0.3, 0.4) is 0 Å². The standard InChI is InChI=1S/C25H31N3O3/c1-31-22-11-7-10-21(18-22)26-24(29)23(19-8-3-2-4-9-19)27-16-12-20(13-17-27)25(30)28-14-5-6-15-28/h2-4,7-11,18,20,23H,5-6,12-17H2,1H3,(H,26,29). The number of piperidine rings is 1. The van der Waals surface area contributed by atoms with Crippen molar-refractivity contribution >= 4 is 17.5 Å². The van der Waals surface area contributed by atoms with E-state index in [4.69, 9.17) is 4.74 Å². The van der Waals surface area contributed by atoms with Crippen LogP contribution in [0, 0.1) is 5.92 Å². The summed E-state index contributed by atoms with van der Waals surface area (Å²) in [7, 11) is 1.61. The molecule has 2 aromatic rings. The molecule has 1 atom stereocenters. The SMILES string of the molecule is COc1cccc(NC(=O)C(c2ccccc2)N2CCC(C(=O)N3CCCC3)CC2)c1. The van der Waals surface area contributed by atoms with Gasteiger partial charge >= 0.3 is 0 Å². The topological polar surface area (TPSA) is 61.9 Å². The van der Waals surface area contributed by atoms with E-state index < -0.39 is 6.04 Å². The van der Waals surface area contributed by atoms with Gasteiger partial charge < -0.3 is 15.0 Å². The first-order valence-electron chi connectivity index (χ1n) is 11.2. The number of nitrogens with zero attached hydrogens (tertiary/aromatic N) is 2. The molecule has 1 unspecified atom stereocenters. The largest absolute Gasteiger partial charge is 0.497 e. The van der Waals surface area contributed by atoms with Gasteiger partial charge in [-0.1, -0.05) is 36.4 Å². The Hall–Kier alpha value is -2.86. The zero-order chi connectivity index (χ0) is 21.6. The molecule has 0 radical (unpaired) electrons. The second kappa shape index (κ2) is 9.96. The van der Waals surface area contributed by atoms with Gasteiger partial charge in [0.15, 0.2) is 0 Å². The van der Waals surface area contributed by atoms with E-state index in [0.29, 0.717) is 17.3 Å². The van der Waals surface area contributed by atoms with Crippen molar-refractivity contribution in [2.45, 2.75) is 31.7 Å². The number of hydrogen-bond acceptors (Lipinski definition) is 4. The van der Waals surface area contributed by atoms with Crippen molar-refractivity contribution in [3.8, 4) is 5.75 Å². The summed E-state index contributed by atoms with van der Waals surface area (Å²) in [6, 6.07) is 16.9. The van der Waals surface area contributed by atoms with Gasteiger partial charge in [-0.2, -0.15) is 0 Å². The van der Waals surface area contributed by atoms with Gasteiger partial charge in [0.2, 0.25) is 11.8 Å². The van der Waals surface area contributed by atoms with Crippen LogP contribution >= 0.6 is 0 Å². The van der Waals surface area contributed by atoms with Gasteiger partial charge in [0.1, 0.15) is 11.8 Å².